The van der Waals surface area contributed by atoms with Gasteiger partial charge in [0, 0.05) is 12.6 Å². The Hall–Kier alpha value is -2.42. The number of benzene rings is 1. The Morgan fingerprint density at radius 3 is 2.35 bits per heavy atom. The van der Waals surface area contributed by atoms with E-state index in [-0.39, 0.29) is 29.0 Å². The van der Waals surface area contributed by atoms with Gasteiger partial charge in [0.2, 0.25) is 5.75 Å². The van der Waals surface area contributed by atoms with Crippen LogP contribution in [-0.4, -0.2) is 52.9 Å². The normalized spacial score (nSPS) is 10.4. The van der Waals surface area contributed by atoms with Crippen LogP contribution in [0.4, 0.5) is 0 Å². The highest BCUT2D eigenvalue weighted by atomic mass is 32.2. The molecule has 0 radical (unpaired) electrons. The first-order valence-electron chi connectivity index (χ1n) is 6.56. The first-order valence-corrected chi connectivity index (χ1v) is 7.54. The number of ether oxygens (including phenoxy) is 3. The zero-order valence-corrected chi connectivity index (χ0v) is 14.0. The lowest BCUT2D eigenvalue weighted by Crippen LogP contribution is -2.04. The summed E-state index contributed by atoms with van der Waals surface area (Å²) in [5, 5.41) is 18.7. The Morgan fingerprint density at radius 2 is 1.83 bits per heavy atom. The molecule has 0 unspecified atom stereocenters. The number of methoxy groups -OCH3 is 3. The van der Waals surface area contributed by atoms with E-state index in [1.54, 1.807) is 23.7 Å². The molecule has 1 heterocycles. The lowest BCUT2D eigenvalue weighted by atomic mass is 10.1. The van der Waals surface area contributed by atoms with Crippen molar-refractivity contribution in [1.82, 2.24) is 14.8 Å². The van der Waals surface area contributed by atoms with Crippen LogP contribution in [0.5, 0.6) is 17.2 Å². The summed E-state index contributed by atoms with van der Waals surface area (Å²) in [6, 6.07) is 3.27. The molecule has 1 N–H and O–H groups in total. The average Bonchev–Trinajstić information content (AvgIpc) is 2.93. The fourth-order valence-electron chi connectivity index (χ4n) is 1.90. The molecule has 2 rings (SSSR count). The van der Waals surface area contributed by atoms with E-state index >= 15 is 0 Å². The van der Waals surface area contributed by atoms with Crippen LogP contribution in [-0.2, 0) is 16.6 Å². The maximum absolute atomic E-state index is 11.2. The van der Waals surface area contributed by atoms with E-state index in [4.69, 9.17) is 9.47 Å². The van der Waals surface area contributed by atoms with E-state index < -0.39 is 0 Å². The van der Waals surface area contributed by atoms with Crippen LogP contribution in [0.15, 0.2) is 17.3 Å². The van der Waals surface area contributed by atoms with Crippen molar-refractivity contribution in [3.63, 3.8) is 0 Å². The number of phenols is 1. The molecule has 0 atom stereocenters. The molecule has 0 aliphatic rings. The van der Waals surface area contributed by atoms with Gasteiger partial charge in [-0.25, -0.2) is 0 Å². The Bertz CT molecular complexity index is 691. The highest BCUT2D eigenvalue weighted by molar-refractivity contribution is 7.99. The third-order valence-electron chi connectivity index (χ3n) is 3.12. The smallest absolute Gasteiger partial charge is 0.316 e. The summed E-state index contributed by atoms with van der Waals surface area (Å²) in [6.45, 7) is 0. The third kappa shape index (κ3) is 3.50. The van der Waals surface area contributed by atoms with E-state index in [0.717, 1.165) is 0 Å². The van der Waals surface area contributed by atoms with Gasteiger partial charge in [0.05, 0.1) is 27.1 Å². The number of thioether (sulfide) groups is 1. The fourth-order valence-corrected chi connectivity index (χ4v) is 2.64. The first kappa shape index (κ1) is 16.9. The number of aromatic nitrogens is 3. The van der Waals surface area contributed by atoms with Crippen LogP contribution in [0.2, 0.25) is 0 Å². The number of esters is 1. The highest BCUT2D eigenvalue weighted by Gasteiger charge is 2.17. The van der Waals surface area contributed by atoms with Crippen LogP contribution >= 0.6 is 11.8 Å². The van der Waals surface area contributed by atoms with Crippen molar-refractivity contribution in [2.45, 2.75) is 5.16 Å². The number of rotatable bonds is 6. The molecular formula is C14H17N3O5S. The van der Waals surface area contributed by atoms with Gasteiger partial charge in [0.25, 0.3) is 0 Å². The molecule has 1 aromatic carbocycles. The van der Waals surface area contributed by atoms with E-state index in [1.807, 2.05) is 0 Å². The van der Waals surface area contributed by atoms with Gasteiger partial charge in [-0.3, -0.25) is 4.79 Å². The van der Waals surface area contributed by atoms with E-state index in [9.17, 15) is 9.90 Å². The monoisotopic (exact) mass is 339 g/mol. The minimum Gasteiger partial charge on any atom is -0.502 e. The summed E-state index contributed by atoms with van der Waals surface area (Å²) in [5.41, 5.74) is 0.663. The number of nitrogens with zero attached hydrogens (tertiary/aromatic N) is 3. The second-order valence-corrected chi connectivity index (χ2v) is 5.40. The maximum Gasteiger partial charge on any atom is 0.316 e. The van der Waals surface area contributed by atoms with Gasteiger partial charge >= 0.3 is 5.97 Å². The molecule has 0 saturated carbocycles. The van der Waals surface area contributed by atoms with Gasteiger partial charge in [-0.2, -0.15) is 0 Å². The fraction of sp³-hybridized carbons (Fsp3) is 0.357. The standard InChI is InChI=1S/C14H17N3O5S/c1-17-13(15-16-14(17)23-7-11(18)22-4)8-5-9(20-2)12(19)10(6-8)21-3/h5-6,19H,7H2,1-4H3. The van der Waals surface area contributed by atoms with Gasteiger partial charge in [0.1, 0.15) is 0 Å². The van der Waals surface area contributed by atoms with Crippen LogP contribution < -0.4 is 9.47 Å². The third-order valence-corrected chi connectivity index (χ3v) is 4.11. The van der Waals surface area contributed by atoms with Crippen molar-refractivity contribution >= 4 is 17.7 Å². The van der Waals surface area contributed by atoms with Crippen molar-refractivity contribution in [2.75, 3.05) is 27.1 Å². The Morgan fingerprint density at radius 1 is 1.22 bits per heavy atom. The molecule has 23 heavy (non-hydrogen) atoms. The quantitative estimate of drug-likeness (QED) is 0.624. The number of hydrogen-bond donors (Lipinski definition) is 1. The Kier molecular flexibility index (Phi) is 5.32. The average molecular weight is 339 g/mol. The summed E-state index contributed by atoms with van der Waals surface area (Å²) in [6.07, 6.45) is 0. The molecule has 0 saturated heterocycles. The van der Waals surface area contributed by atoms with Crippen LogP contribution in [0.25, 0.3) is 11.4 Å². The molecule has 8 nitrogen and oxygen atoms in total. The zero-order valence-electron chi connectivity index (χ0n) is 13.2. The maximum atomic E-state index is 11.2. The van der Waals surface area contributed by atoms with Crippen molar-refractivity contribution in [3.05, 3.63) is 12.1 Å². The Labute approximate surface area is 137 Å². The van der Waals surface area contributed by atoms with Gasteiger partial charge < -0.3 is 23.9 Å². The molecule has 0 aliphatic heterocycles. The number of aromatic hydroxyl groups is 1. The molecule has 0 fully saturated rings. The topological polar surface area (TPSA) is 95.7 Å². The molecule has 9 heteroatoms. The van der Waals surface area contributed by atoms with Crippen molar-refractivity contribution in [1.29, 1.82) is 0 Å². The van der Waals surface area contributed by atoms with Crippen molar-refractivity contribution in [3.8, 4) is 28.6 Å². The Balaban J connectivity index is 2.36. The first-order chi connectivity index (χ1) is 11.0. The van der Waals surface area contributed by atoms with Crippen LogP contribution in [0.3, 0.4) is 0 Å². The SMILES string of the molecule is COC(=O)CSc1nnc(-c2cc(OC)c(O)c(OC)c2)n1C. The van der Waals surface area contributed by atoms with Gasteiger partial charge in [0.15, 0.2) is 22.5 Å². The molecule has 0 bridgehead atoms. The molecule has 124 valence electrons. The predicted octanol–water partition coefficient (Wildman–Crippen LogP) is 1.47. The second-order valence-electron chi connectivity index (χ2n) is 4.46. The minimum absolute atomic E-state index is 0.0822. The van der Waals surface area contributed by atoms with E-state index in [1.165, 1.54) is 33.1 Å². The van der Waals surface area contributed by atoms with E-state index in [2.05, 4.69) is 14.9 Å². The summed E-state index contributed by atoms with van der Waals surface area (Å²) < 4.78 is 16.6. The van der Waals surface area contributed by atoms with E-state index in [0.29, 0.717) is 16.5 Å². The number of hydrogen-bond acceptors (Lipinski definition) is 8. The predicted molar refractivity (Wildman–Crippen MR) is 83.9 cm³/mol. The van der Waals surface area contributed by atoms with Crippen molar-refractivity contribution in [2.24, 2.45) is 7.05 Å². The van der Waals surface area contributed by atoms with Gasteiger partial charge in [-0.05, 0) is 12.1 Å². The number of carbonyl (C=O) groups is 1. The molecule has 0 spiro atoms. The minimum atomic E-state index is -0.340. The highest BCUT2D eigenvalue weighted by Crippen LogP contribution is 2.40. The molecule has 1 aromatic heterocycles. The van der Waals surface area contributed by atoms with Gasteiger partial charge in [-0.15, -0.1) is 10.2 Å². The second kappa shape index (κ2) is 7.23. The lowest BCUT2D eigenvalue weighted by Gasteiger charge is -2.11. The molecule has 0 aliphatic carbocycles. The molecule has 2 aromatic rings. The van der Waals surface area contributed by atoms with Crippen LogP contribution in [0.1, 0.15) is 0 Å². The summed E-state index contributed by atoms with van der Waals surface area (Å²) in [5.74, 6) is 0.810. The number of carbonyl (C=O) groups excluding carboxylic acids is 1. The lowest BCUT2D eigenvalue weighted by molar-refractivity contribution is -0.137. The van der Waals surface area contributed by atoms with Crippen LogP contribution in [0, 0.1) is 0 Å². The molecule has 0 amide bonds. The van der Waals surface area contributed by atoms with Crippen molar-refractivity contribution < 1.29 is 24.1 Å². The zero-order chi connectivity index (χ0) is 17.0. The number of phenolic OH excluding ortho intramolecular Hbond substituents is 1. The largest absolute Gasteiger partial charge is 0.502 e. The summed E-state index contributed by atoms with van der Waals surface area (Å²) >= 11 is 1.22. The summed E-state index contributed by atoms with van der Waals surface area (Å²) in [7, 11) is 6.01. The molecular weight excluding hydrogens is 322 g/mol. The van der Waals surface area contributed by atoms with Gasteiger partial charge in [-0.1, -0.05) is 11.8 Å². The summed E-state index contributed by atoms with van der Waals surface area (Å²) in [4.78, 5) is 11.2.